The Kier molecular flexibility index (Phi) is 7.20. The fourth-order valence-electron chi connectivity index (χ4n) is 3.80. The molecule has 2 aromatic rings. The number of nitrogens with one attached hydrogen (secondary N) is 2. The maximum Gasteiger partial charge on any atom is 0.251 e. The van der Waals surface area contributed by atoms with Crippen molar-refractivity contribution in [2.45, 2.75) is 45.7 Å². The van der Waals surface area contributed by atoms with E-state index in [1.165, 1.54) is 16.7 Å². The molecule has 2 unspecified atom stereocenters. The molecule has 0 aliphatic carbocycles. The van der Waals surface area contributed by atoms with Crippen molar-refractivity contribution in [1.82, 2.24) is 15.5 Å². The van der Waals surface area contributed by atoms with Crippen molar-refractivity contribution < 1.29 is 9.53 Å². The van der Waals surface area contributed by atoms with E-state index in [-0.39, 0.29) is 18.1 Å². The zero-order valence-electron chi connectivity index (χ0n) is 17.1. The lowest BCUT2D eigenvalue weighted by Crippen LogP contribution is -2.45. The van der Waals surface area contributed by atoms with E-state index in [1.807, 2.05) is 24.3 Å². The van der Waals surface area contributed by atoms with Crippen LogP contribution in [0.3, 0.4) is 0 Å². The fraction of sp³-hybridized carbons (Fsp3) is 0.435. The molecule has 28 heavy (non-hydrogen) atoms. The van der Waals surface area contributed by atoms with E-state index >= 15 is 0 Å². The predicted octanol–water partition coefficient (Wildman–Crippen LogP) is 2.95. The van der Waals surface area contributed by atoms with Gasteiger partial charge in [-0.3, -0.25) is 9.69 Å². The summed E-state index contributed by atoms with van der Waals surface area (Å²) in [6, 6.07) is 16.4. The van der Waals surface area contributed by atoms with Crippen molar-refractivity contribution in [1.29, 1.82) is 0 Å². The summed E-state index contributed by atoms with van der Waals surface area (Å²) in [4.78, 5) is 14.1. The van der Waals surface area contributed by atoms with Gasteiger partial charge in [0.2, 0.25) is 0 Å². The number of carbonyl (C=O) groups is 1. The average molecular weight is 382 g/mol. The van der Waals surface area contributed by atoms with Crippen molar-refractivity contribution in [3.63, 3.8) is 0 Å². The molecule has 0 aromatic heterocycles. The van der Waals surface area contributed by atoms with Gasteiger partial charge in [0.05, 0.1) is 12.2 Å². The van der Waals surface area contributed by atoms with Gasteiger partial charge in [0.25, 0.3) is 5.91 Å². The maximum absolute atomic E-state index is 11.6. The van der Waals surface area contributed by atoms with Crippen LogP contribution in [0.25, 0.3) is 0 Å². The molecule has 1 saturated heterocycles. The summed E-state index contributed by atoms with van der Waals surface area (Å²) < 4.78 is 5.85. The van der Waals surface area contributed by atoms with Crippen LogP contribution < -0.4 is 10.6 Å². The van der Waals surface area contributed by atoms with Gasteiger partial charge >= 0.3 is 0 Å². The first kappa shape index (κ1) is 20.5. The molecule has 0 radical (unpaired) electrons. The van der Waals surface area contributed by atoms with Gasteiger partial charge in [-0.1, -0.05) is 36.4 Å². The summed E-state index contributed by atoms with van der Waals surface area (Å²) >= 11 is 0. The first-order valence-corrected chi connectivity index (χ1v) is 10.0. The Hall–Kier alpha value is -2.21. The monoisotopic (exact) mass is 381 g/mol. The molecule has 2 aromatic carbocycles. The molecule has 0 saturated carbocycles. The number of morpholine rings is 1. The number of hydrogen-bond donors (Lipinski definition) is 2. The topological polar surface area (TPSA) is 53.6 Å². The number of hydrogen-bond acceptors (Lipinski definition) is 4. The van der Waals surface area contributed by atoms with Crippen LogP contribution >= 0.6 is 0 Å². The third-order valence-corrected chi connectivity index (χ3v) is 5.10. The third-order valence-electron chi connectivity index (χ3n) is 5.10. The summed E-state index contributed by atoms with van der Waals surface area (Å²) in [6.07, 6.45) is 0.568. The van der Waals surface area contributed by atoms with Crippen molar-refractivity contribution in [3.05, 3.63) is 70.8 Å². The molecule has 0 bridgehead atoms. The quantitative estimate of drug-likeness (QED) is 0.774. The van der Waals surface area contributed by atoms with E-state index < -0.39 is 0 Å². The Morgan fingerprint density at radius 1 is 1.00 bits per heavy atom. The normalized spacial score (nSPS) is 20.1. The largest absolute Gasteiger partial charge is 0.373 e. The molecule has 2 N–H and O–H groups in total. The number of nitrogens with zero attached hydrogens (tertiary/aromatic N) is 1. The van der Waals surface area contributed by atoms with Gasteiger partial charge in [-0.15, -0.1) is 0 Å². The molecule has 1 aliphatic rings. The minimum atomic E-state index is -0.0554. The summed E-state index contributed by atoms with van der Waals surface area (Å²) in [5.41, 5.74) is 4.55. The molecule has 1 heterocycles. The lowest BCUT2D eigenvalue weighted by molar-refractivity contribution is -0.0705. The Morgan fingerprint density at radius 3 is 2.29 bits per heavy atom. The Balaban J connectivity index is 1.55. The summed E-state index contributed by atoms with van der Waals surface area (Å²) in [5, 5.41) is 6.18. The average Bonchev–Trinajstić information content (AvgIpc) is 2.68. The lowest BCUT2D eigenvalue weighted by atomic mass is 10.1. The Morgan fingerprint density at radius 2 is 1.64 bits per heavy atom. The van der Waals surface area contributed by atoms with Crippen LogP contribution in [0.15, 0.2) is 48.5 Å². The third kappa shape index (κ3) is 5.64. The molecule has 0 spiro atoms. The molecule has 1 amide bonds. The highest BCUT2D eigenvalue weighted by atomic mass is 16.5. The van der Waals surface area contributed by atoms with Crippen LogP contribution in [0, 0.1) is 0 Å². The number of ether oxygens (including phenoxy) is 1. The highest BCUT2D eigenvalue weighted by molar-refractivity contribution is 5.93. The van der Waals surface area contributed by atoms with Gasteiger partial charge in [0.1, 0.15) is 0 Å². The molecular formula is C23H31N3O2. The van der Waals surface area contributed by atoms with Gasteiger partial charge in [-0.25, -0.2) is 0 Å². The van der Waals surface area contributed by atoms with Gasteiger partial charge in [0, 0.05) is 45.3 Å². The minimum absolute atomic E-state index is 0.0554. The zero-order chi connectivity index (χ0) is 19.9. The van der Waals surface area contributed by atoms with Crippen molar-refractivity contribution in [3.8, 4) is 0 Å². The molecule has 1 fully saturated rings. The molecule has 2 atom stereocenters. The molecule has 3 rings (SSSR count). The van der Waals surface area contributed by atoms with Crippen LogP contribution in [-0.4, -0.2) is 43.2 Å². The first-order valence-electron chi connectivity index (χ1n) is 10.0. The second-order valence-corrected chi connectivity index (χ2v) is 7.60. The van der Waals surface area contributed by atoms with Crippen LogP contribution in [-0.2, 0) is 24.4 Å². The van der Waals surface area contributed by atoms with Crippen LogP contribution in [0.5, 0.6) is 0 Å². The molecule has 150 valence electrons. The number of benzene rings is 2. The summed E-state index contributed by atoms with van der Waals surface area (Å²) in [5.74, 6) is -0.0554. The van der Waals surface area contributed by atoms with E-state index in [1.54, 1.807) is 7.05 Å². The highest BCUT2D eigenvalue weighted by Crippen LogP contribution is 2.17. The molecule has 1 aliphatic heterocycles. The molecule has 5 nitrogen and oxygen atoms in total. The highest BCUT2D eigenvalue weighted by Gasteiger charge is 2.22. The molecular weight excluding hydrogens is 350 g/mol. The second-order valence-electron chi connectivity index (χ2n) is 7.60. The van der Waals surface area contributed by atoms with E-state index in [4.69, 9.17) is 4.74 Å². The summed E-state index contributed by atoms with van der Waals surface area (Å²) in [7, 11) is 1.65. The first-order chi connectivity index (χ1) is 13.5. The summed E-state index contributed by atoms with van der Waals surface area (Å²) in [6.45, 7) is 8.79. The van der Waals surface area contributed by atoms with E-state index in [9.17, 15) is 4.79 Å². The van der Waals surface area contributed by atoms with Gasteiger partial charge in [0.15, 0.2) is 0 Å². The van der Waals surface area contributed by atoms with Crippen molar-refractivity contribution in [2.75, 3.05) is 20.1 Å². The SMILES string of the molecule is CNC(=O)c1ccc(CNCc2ccccc2CN2CC(C)OC(C)C2)cc1. The zero-order valence-corrected chi connectivity index (χ0v) is 17.1. The van der Waals surface area contributed by atoms with Crippen LogP contribution in [0.4, 0.5) is 0 Å². The lowest BCUT2D eigenvalue weighted by Gasteiger charge is -2.35. The smallest absolute Gasteiger partial charge is 0.251 e. The van der Waals surface area contributed by atoms with E-state index in [0.29, 0.717) is 5.56 Å². The fourth-order valence-corrected chi connectivity index (χ4v) is 3.80. The Labute approximate surface area is 168 Å². The number of rotatable bonds is 7. The maximum atomic E-state index is 11.6. The van der Waals surface area contributed by atoms with Gasteiger partial charge < -0.3 is 15.4 Å². The number of amides is 1. The van der Waals surface area contributed by atoms with Crippen LogP contribution in [0.2, 0.25) is 0 Å². The molecule has 5 heteroatoms. The van der Waals surface area contributed by atoms with E-state index in [2.05, 4.69) is 53.6 Å². The second kappa shape index (κ2) is 9.82. The minimum Gasteiger partial charge on any atom is -0.373 e. The van der Waals surface area contributed by atoms with Crippen molar-refractivity contribution >= 4 is 5.91 Å². The standard InChI is InChI=1S/C23H31N3O2/c1-17-14-26(15-18(2)28-17)16-22-7-5-4-6-21(22)13-25-12-19-8-10-20(11-9-19)23(27)24-3/h4-11,17-18,25H,12-16H2,1-3H3,(H,24,27). The van der Waals surface area contributed by atoms with Crippen LogP contribution in [0.1, 0.15) is 40.9 Å². The van der Waals surface area contributed by atoms with Gasteiger partial charge in [-0.05, 0) is 42.7 Å². The predicted molar refractivity (Wildman–Crippen MR) is 112 cm³/mol. The van der Waals surface area contributed by atoms with Gasteiger partial charge in [-0.2, -0.15) is 0 Å². The van der Waals surface area contributed by atoms with Crippen molar-refractivity contribution in [2.24, 2.45) is 0 Å². The van der Waals surface area contributed by atoms with E-state index in [0.717, 1.165) is 32.7 Å². The number of carbonyl (C=O) groups excluding carboxylic acids is 1. The Bertz CT molecular complexity index is 766.